The van der Waals surface area contributed by atoms with Crippen molar-refractivity contribution in [2.24, 2.45) is 0 Å². The summed E-state index contributed by atoms with van der Waals surface area (Å²) in [6.07, 6.45) is 7.42. The smallest absolute Gasteiger partial charge is 0.262 e. The van der Waals surface area contributed by atoms with Crippen molar-refractivity contribution in [2.45, 2.75) is 13.0 Å². The molecule has 0 aliphatic carbocycles. The summed E-state index contributed by atoms with van der Waals surface area (Å²) < 4.78 is 5.87. The van der Waals surface area contributed by atoms with Crippen LogP contribution in [0.15, 0.2) is 90.4 Å². The quantitative estimate of drug-likeness (QED) is 0.514. The van der Waals surface area contributed by atoms with Crippen LogP contribution in [0.4, 0.5) is 5.69 Å². The summed E-state index contributed by atoms with van der Waals surface area (Å²) in [5, 5.41) is 1.62. The second-order valence-electron chi connectivity index (χ2n) is 8.45. The van der Waals surface area contributed by atoms with Crippen LogP contribution in [0.25, 0.3) is 16.8 Å². The van der Waals surface area contributed by atoms with Gasteiger partial charge in [0.25, 0.3) is 11.8 Å². The Morgan fingerprint density at radius 2 is 1.48 bits per heavy atom. The third kappa shape index (κ3) is 3.72. The maximum atomic E-state index is 13.4. The molecule has 0 aromatic heterocycles. The molecule has 0 spiro atoms. The molecule has 5 heteroatoms. The summed E-state index contributed by atoms with van der Waals surface area (Å²) in [7, 11) is 4.01. The molecule has 0 bridgehead atoms. The number of imide groups is 1. The molecule has 164 valence electrons. The molecule has 0 saturated heterocycles. The predicted octanol–water partition coefficient (Wildman–Crippen LogP) is 5.40. The molecule has 33 heavy (non-hydrogen) atoms. The van der Waals surface area contributed by atoms with Crippen molar-refractivity contribution < 1.29 is 14.3 Å². The highest BCUT2D eigenvalue weighted by molar-refractivity contribution is 6.25. The van der Waals surface area contributed by atoms with E-state index in [1.165, 1.54) is 4.90 Å². The number of nitrogens with zero attached hydrogens (tertiary/aromatic N) is 2. The number of anilines is 1. The van der Waals surface area contributed by atoms with Gasteiger partial charge in [0.2, 0.25) is 0 Å². The van der Waals surface area contributed by atoms with Gasteiger partial charge >= 0.3 is 0 Å². The average molecular weight is 437 g/mol. The number of hydrogen-bond acceptors (Lipinski definition) is 4. The fourth-order valence-corrected chi connectivity index (χ4v) is 4.33. The highest BCUT2D eigenvalue weighted by Crippen LogP contribution is 2.33. The van der Waals surface area contributed by atoms with E-state index in [0.717, 1.165) is 22.0 Å². The van der Waals surface area contributed by atoms with Crippen LogP contribution in [0.2, 0.25) is 0 Å². The zero-order valence-electron chi connectivity index (χ0n) is 18.8. The molecule has 2 amide bonds. The Balaban J connectivity index is 1.47. The van der Waals surface area contributed by atoms with Crippen molar-refractivity contribution in [1.82, 2.24) is 4.90 Å². The molecule has 1 unspecified atom stereocenters. The van der Waals surface area contributed by atoms with E-state index in [4.69, 9.17) is 4.74 Å². The number of hydrogen-bond donors (Lipinski definition) is 0. The van der Waals surface area contributed by atoms with Crippen molar-refractivity contribution in [3.05, 3.63) is 107 Å². The van der Waals surface area contributed by atoms with Gasteiger partial charge in [0.15, 0.2) is 0 Å². The average Bonchev–Trinajstić information content (AvgIpc) is 2.81. The molecule has 2 aliphatic rings. The van der Waals surface area contributed by atoms with Gasteiger partial charge < -0.3 is 9.64 Å². The molecule has 3 aromatic carbocycles. The number of rotatable bonds is 4. The fraction of sp³-hybridized carbons (Fsp3) is 0.143. The predicted molar refractivity (Wildman–Crippen MR) is 131 cm³/mol. The number of carbonyl (C=O) groups is 2. The molecule has 2 aliphatic heterocycles. The van der Waals surface area contributed by atoms with Crippen LogP contribution < -0.4 is 4.90 Å². The Morgan fingerprint density at radius 1 is 0.848 bits per heavy atom. The van der Waals surface area contributed by atoms with E-state index in [9.17, 15) is 9.59 Å². The van der Waals surface area contributed by atoms with Gasteiger partial charge in [-0.1, -0.05) is 42.5 Å². The normalized spacial score (nSPS) is 17.8. The van der Waals surface area contributed by atoms with Gasteiger partial charge in [-0.3, -0.25) is 14.5 Å². The summed E-state index contributed by atoms with van der Waals surface area (Å²) in [6, 6.07) is 18.7. The Morgan fingerprint density at radius 3 is 2.09 bits per heavy atom. The summed E-state index contributed by atoms with van der Waals surface area (Å²) >= 11 is 0. The first kappa shape index (κ1) is 20.8. The van der Waals surface area contributed by atoms with Gasteiger partial charge in [0.1, 0.15) is 5.76 Å². The zero-order valence-corrected chi connectivity index (χ0v) is 18.8. The van der Waals surface area contributed by atoms with Crippen LogP contribution >= 0.6 is 0 Å². The van der Waals surface area contributed by atoms with Gasteiger partial charge in [-0.05, 0) is 60.4 Å². The van der Waals surface area contributed by atoms with E-state index >= 15 is 0 Å². The van der Waals surface area contributed by atoms with Crippen molar-refractivity contribution in [2.75, 3.05) is 19.0 Å². The van der Waals surface area contributed by atoms with Gasteiger partial charge in [0.05, 0.1) is 11.8 Å². The Hall–Kier alpha value is -4.12. The Bertz CT molecular complexity index is 1310. The molecule has 0 N–H and O–H groups in total. The van der Waals surface area contributed by atoms with Gasteiger partial charge in [-0.25, -0.2) is 0 Å². The standard InChI is InChI=1S/C28H24N2O3/c1-18-16-22(17-23(33-18)15-12-19-10-13-21(14-11-19)29(2)3)30-27(31)24-8-4-6-20-7-5-9-25(26(20)24)28(30)32/h4-17,22H,1-3H3. The monoisotopic (exact) mass is 436 g/mol. The van der Waals surface area contributed by atoms with E-state index < -0.39 is 6.04 Å². The molecule has 0 radical (unpaired) electrons. The third-order valence-electron chi connectivity index (χ3n) is 5.97. The molecular formula is C28H24N2O3. The van der Waals surface area contributed by atoms with Gasteiger partial charge in [-0.15, -0.1) is 0 Å². The van der Waals surface area contributed by atoms with Crippen LogP contribution in [0.3, 0.4) is 0 Å². The minimum atomic E-state index is -0.530. The van der Waals surface area contributed by atoms with Crippen molar-refractivity contribution in [1.29, 1.82) is 0 Å². The lowest BCUT2D eigenvalue weighted by Crippen LogP contribution is -2.46. The van der Waals surface area contributed by atoms with Crippen LogP contribution in [0.5, 0.6) is 0 Å². The largest absolute Gasteiger partial charge is 0.463 e. The third-order valence-corrected chi connectivity index (χ3v) is 5.97. The number of ether oxygens (including phenoxy) is 1. The van der Waals surface area contributed by atoms with E-state index in [2.05, 4.69) is 0 Å². The SMILES string of the molecule is CC1=CC(N2C(=O)c3cccc4cccc(c34)C2=O)C=C(C=Cc2ccc(N(C)C)cc2)O1. The van der Waals surface area contributed by atoms with Gasteiger partial charge in [0, 0.05) is 36.3 Å². The van der Waals surface area contributed by atoms with E-state index in [1.807, 2.05) is 92.7 Å². The van der Waals surface area contributed by atoms with Crippen molar-refractivity contribution in [3.8, 4) is 0 Å². The maximum absolute atomic E-state index is 13.4. The van der Waals surface area contributed by atoms with E-state index in [0.29, 0.717) is 22.6 Å². The number of benzene rings is 3. The second-order valence-corrected chi connectivity index (χ2v) is 8.45. The first-order valence-corrected chi connectivity index (χ1v) is 10.9. The zero-order chi connectivity index (χ0) is 23.1. The minimum absolute atomic E-state index is 0.292. The second kappa shape index (κ2) is 8.10. The molecular weight excluding hydrogens is 412 g/mol. The lowest BCUT2D eigenvalue weighted by Gasteiger charge is -2.32. The van der Waals surface area contributed by atoms with Crippen LogP contribution in [-0.2, 0) is 4.74 Å². The lowest BCUT2D eigenvalue weighted by atomic mass is 9.93. The Kier molecular flexibility index (Phi) is 5.09. The highest BCUT2D eigenvalue weighted by atomic mass is 16.5. The maximum Gasteiger partial charge on any atom is 0.262 e. The molecule has 5 nitrogen and oxygen atoms in total. The lowest BCUT2D eigenvalue weighted by molar-refractivity contribution is 0.0588. The number of allylic oxidation sites excluding steroid dienone is 2. The topological polar surface area (TPSA) is 49.9 Å². The van der Waals surface area contributed by atoms with Crippen molar-refractivity contribution in [3.63, 3.8) is 0 Å². The first-order chi connectivity index (χ1) is 15.9. The van der Waals surface area contributed by atoms with E-state index in [1.54, 1.807) is 18.2 Å². The summed E-state index contributed by atoms with van der Waals surface area (Å²) in [5.74, 6) is 0.648. The number of amides is 2. The molecule has 3 aromatic rings. The molecule has 2 heterocycles. The van der Waals surface area contributed by atoms with E-state index in [-0.39, 0.29) is 11.8 Å². The molecule has 0 saturated carbocycles. The highest BCUT2D eigenvalue weighted by Gasteiger charge is 2.37. The fourth-order valence-electron chi connectivity index (χ4n) is 4.33. The minimum Gasteiger partial charge on any atom is -0.463 e. The number of carbonyl (C=O) groups excluding carboxylic acids is 2. The van der Waals surface area contributed by atoms with Crippen LogP contribution in [0, 0.1) is 0 Å². The first-order valence-electron chi connectivity index (χ1n) is 10.9. The molecule has 0 fully saturated rings. The summed E-state index contributed by atoms with van der Waals surface area (Å²) in [5.41, 5.74) is 3.24. The van der Waals surface area contributed by atoms with Crippen LogP contribution in [-0.4, -0.2) is 36.9 Å². The molecule has 1 atom stereocenters. The molecule has 5 rings (SSSR count). The van der Waals surface area contributed by atoms with Gasteiger partial charge in [-0.2, -0.15) is 0 Å². The Labute approximate surface area is 192 Å². The van der Waals surface area contributed by atoms with Crippen LogP contribution in [0.1, 0.15) is 33.2 Å². The summed E-state index contributed by atoms with van der Waals surface area (Å²) in [4.78, 5) is 30.1. The van der Waals surface area contributed by atoms with Crippen molar-refractivity contribution >= 4 is 34.4 Å². The summed E-state index contributed by atoms with van der Waals surface area (Å²) in [6.45, 7) is 1.83.